The quantitative estimate of drug-likeness (QED) is 0.833. The van der Waals surface area contributed by atoms with Crippen LogP contribution in [0.1, 0.15) is 39.0 Å². The van der Waals surface area contributed by atoms with Gasteiger partial charge in [-0.2, -0.15) is 0 Å². The predicted molar refractivity (Wildman–Crippen MR) is 88.0 cm³/mol. The number of hydrogen-bond acceptors (Lipinski definition) is 2. The van der Waals surface area contributed by atoms with Crippen LogP contribution in [0.15, 0.2) is 30.5 Å². The minimum absolute atomic E-state index is 0.746. The Balaban J connectivity index is 1.65. The van der Waals surface area contributed by atoms with E-state index in [-0.39, 0.29) is 0 Å². The molecule has 0 amide bonds. The molecule has 1 heterocycles. The Bertz CT molecular complexity index is 570. The van der Waals surface area contributed by atoms with Gasteiger partial charge in [0.1, 0.15) is 5.75 Å². The Morgan fingerprint density at radius 3 is 2.90 bits per heavy atom. The SMILES string of the molecule is CCCOc1cccc2c1ccn2CCNC1CCCC1. The standard InChI is InChI=1S/C18H26N2O/c1-2-14-21-18-9-5-8-17-16(18)10-12-20(17)13-11-19-15-6-3-4-7-15/h5,8-10,12,15,19H,2-4,6-7,11,13-14H2,1H3. The zero-order chi connectivity index (χ0) is 14.5. The van der Waals surface area contributed by atoms with Crippen molar-refractivity contribution in [2.24, 2.45) is 0 Å². The third kappa shape index (κ3) is 3.41. The fraction of sp³-hybridized carbons (Fsp3) is 0.556. The molecule has 0 saturated heterocycles. The highest BCUT2D eigenvalue weighted by Gasteiger charge is 2.13. The first-order valence-corrected chi connectivity index (χ1v) is 8.32. The van der Waals surface area contributed by atoms with Crippen molar-refractivity contribution in [3.63, 3.8) is 0 Å². The first-order chi connectivity index (χ1) is 10.4. The van der Waals surface area contributed by atoms with E-state index >= 15 is 0 Å². The summed E-state index contributed by atoms with van der Waals surface area (Å²) in [7, 11) is 0. The monoisotopic (exact) mass is 286 g/mol. The predicted octanol–water partition coefficient (Wildman–Crippen LogP) is 3.96. The molecule has 3 rings (SSSR count). The summed E-state index contributed by atoms with van der Waals surface area (Å²) in [5, 5.41) is 4.91. The molecule has 1 saturated carbocycles. The molecular formula is C18H26N2O. The molecule has 1 fully saturated rings. The van der Waals surface area contributed by atoms with Crippen molar-refractivity contribution in [1.82, 2.24) is 9.88 Å². The highest BCUT2D eigenvalue weighted by atomic mass is 16.5. The molecule has 0 spiro atoms. The summed E-state index contributed by atoms with van der Waals surface area (Å²) in [6, 6.07) is 9.27. The maximum absolute atomic E-state index is 5.84. The minimum atomic E-state index is 0.746. The smallest absolute Gasteiger partial charge is 0.128 e. The van der Waals surface area contributed by atoms with Crippen LogP contribution in [0.25, 0.3) is 10.9 Å². The van der Waals surface area contributed by atoms with E-state index < -0.39 is 0 Å². The van der Waals surface area contributed by atoms with Crippen molar-refractivity contribution in [2.45, 2.75) is 51.6 Å². The Morgan fingerprint density at radius 1 is 1.24 bits per heavy atom. The summed E-state index contributed by atoms with van der Waals surface area (Å²) in [6.45, 7) is 5.00. The van der Waals surface area contributed by atoms with Crippen LogP contribution in [-0.4, -0.2) is 23.8 Å². The topological polar surface area (TPSA) is 26.2 Å². The summed E-state index contributed by atoms with van der Waals surface area (Å²) in [6.07, 6.45) is 8.70. The lowest BCUT2D eigenvalue weighted by molar-refractivity contribution is 0.321. The second-order valence-electron chi connectivity index (χ2n) is 5.98. The van der Waals surface area contributed by atoms with Crippen LogP contribution in [0.2, 0.25) is 0 Å². The average Bonchev–Trinajstić information content (AvgIpc) is 3.15. The number of rotatable bonds is 7. The number of fused-ring (bicyclic) bond motifs is 1. The molecule has 0 aliphatic heterocycles. The fourth-order valence-corrected chi connectivity index (χ4v) is 3.25. The molecule has 2 aromatic rings. The van der Waals surface area contributed by atoms with Crippen LogP contribution in [0.5, 0.6) is 5.75 Å². The Labute approximate surface area is 127 Å². The van der Waals surface area contributed by atoms with Gasteiger partial charge in [0.15, 0.2) is 0 Å². The third-order valence-corrected chi connectivity index (χ3v) is 4.38. The molecule has 1 aliphatic rings. The minimum Gasteiger partial charge on any atom is -0.493 e. The second-order valence-corrected chi connectivity index (χ2v) is 5.98. The van der Waals surface area contributed by atoms with Gasteiger partial charge in [-0.3, -0.25) is 0 Å². The zero-order valence-corrected chi connectivity index (χ0v) is 13.0. The number of nitrogens with one attached hydrogen (secondary N) is 1. The van der Waals surface area contributed by atoms with Crippen molar-refractivity contribution in [2.75, 3.05) is 13.2 Å². The number of benzene rings is 1. The molecule has 1 aromatic heterocycles. The number of ether oxygens (including phenoxy) is 1. The van der Waals surface area contributed by atoms with Crippen molar-refractivity contribution in [3.8, 4) is 5.75 Å². The molecule has 1 N–H and O–H groups in total. The van der Waals surface area contributed by atoms with Gasteiger partial charge in [0, 0.05) is 30.7 Å². The van der Waals surface area contributed by atoms with E-state index in [1.54, 1.807) is 0 Å². The van der Waals surface area contributed by atoms with E-state index in [0.717, 1.165) is 37.9 Å². The lowest BCUT2D eigenvalue weighted by Gasteiger charge is -2.13. The first-order valence-electron chi connectivity index (χ1n) is 8.32. The molecule has 0 atom stereocenters. The number of aromatic nitrogens is 1. The van der Waals surface area contributed by atoms with Crippen LogP contribution in [-0.2, 0) is 6.54 Å². The second kappa shape index (κ2) is 6.99. The van der Waals surface area contributed by atoms with E-state index in [0.29, 0.717) is 0 Å². The lowest BCUT2D eigenvalue weighted by atomic mass is 10.2. The molecule has 1 aliphatic carbocycles. The largest absolute Gasteiger partial charge is 0.493 e. The highest BCUT2D eigenvalue weighted by Crippen LogP contribution is 2.26. The molecule has 0 radical (unpaired) electrons. The van der Waals surface area contributed by atoms with Gasteiger partial charge in [-0.1, -0.05) is 25.8 Å². The number of hydrogen-bond donors (Lipinski definition) is 1. The Hall–Kier alpha value is -1.48. The van der Waals surface area contributed by atoms with Gasteiger partial charge in [-0.25, -0.2) is 0 Å². The summed E-state index contributed by atoms with van der Waals surface area (Å²) >= 11 is 0. The molecular weight excluding hydrogens is 260 g/mol. The highest BCUT2D eigenvalue weighted by molar-refractivity contribution is 5.86. The van der Waals surface area contributed by atoms with Crippen LogP contribution >= 0.6 is 0 Å². The molecule has 0 bridgehead atoms. The van der Waals surface area contributed by atoms with Gasteiger partial charge in [0.2, 0.25) is 0 Å². The van der Waals surface area contributed by atoms with E-state index in [1.165, 1.54) is 36.6 Å². The van der Waals surface area contributed by atoms with Crippen LogP contribution in [0.4, 0.5) is 0 Å². The van der Waals surface area contributed by atoms with Crippen molar-refractivity contribution >= 4 is 10.9 Å². The summed E-state index contributed by atoms with van der Waals surface area (Å²) < 4.78 is 8.17. The van der Waals surface area contributed by atoms with Gasteiger partial charge < -0.3 is 14.6 Å². The van der Waals surface area contributed by atoms with Crippen molar-refractivity contribution in [3.05, 3.63) is 30.5 Å². The molecule has 21 heavy (non-hydrogen) atoms. The fourth-order valence-electron chi connectivity index (χ4n) is 3.25. The van der Waals surface area contributed by atoms with Crippen LogP contribution in [0, 0.1) is 0 Å². The first kappa shape index (κ1) is 14.5. The molecule has 0 unspecified atom stereocenters. The third-order valence-electron chi connectivity index (χ3n) is 4.38. The van der Waals surface area contributed by atoms with Gasteiger partial charge in [-0.15, -0.1) is 0 Å². The Kier molecular flexibility index (Phi) is 4.81. The maximum Gasteiger partial charge on any atom is 0.128 e. The summed E-state index contributed by atoms with van der Waals surface area (Å²) in [4.78, 5) is 0. The summed E-state index contributed by atoms with van der Waals surface area (Å²) in [5.74, 6) is 1.01. The average molecular weight is 286 g/mol. The van der Waals surface area contributed by atoms with Gasteiger partial charge in [0.25, 0.3) is 0 Å². The Morgan fingerprint density at radius 2 is 2.10 bits per heavy atom. The van der Waals surface area contributed by atoms with E-state index in [2.05, 4.69) is 47.3 Å². The van der Waals surface area contributed by atoms with Crippen molar-refractivity contribution < 1.29 is 4.74 Å². The van der Waals surface area contributed by atoms with Gasteiger partial charge in [-0.05, 0) is 37.5 Å². The van der Waals surface area contributed by atoms with E-state index in [4.69, 9.17) is 4.74 Å². The molecule has 3 nitrogen and oxygen atoms in total. The molecule has 1 aromatic carbocycles. The zero-order valence-electron chi connectivity index (χ0n) is 13.0. The molecule has 3 heteroatoms. The van der Waals surface area contributed by atoms with Gasteiger partial charge >= 0.3 is 0 Å². The van der Waals surface area contributed by atoms with Gasteiger partial charge in [0.05, 0.1) is 12.1 Å². The maximum atomic E-state index is 5.84. The van der Waals surface area contributed by atoms with E-state index in [9.17, 15) is 0 Å². The lowest BCUT2D eigenvalue weighted by Crippen LogP contribution is -2.29. The normalized spacial score (nSPS) is 15.9. The molecule has 114 valence electrons. The summed E-state index contributed by atoms with van der Waals surface area (Å²) in [5.41, 5.74) is 1.27. The number of nitrogens with zero attached hydrogens (tertiary/aromatic N) is 1. The van der Waals surface area contributed by atoms with E-state index in [1.807, 2.05) is 0 Å². The van der Waals surface area contributed by atoms with Crippen LogP contribution in [0.3, 0.4) is 0 Å². The van der Waals surface area contributed by atoms with Crippen LogP contribution < -0.4 is 10.1 Å². The van der Waals surface area contributed by atoms with Crippen molar-refractivity contribution in [1.29, 1.82) is 0 Å².